The van der Waals surface area contributed by atoms with Gasteiger partial charge in [-0.25, -0.2) is 4.68 Å². The highest BCUT2D eigenvalue weighted by molar-refractivity contribution is 5.73. The maximum Gasteiger partial charge on any atom is 0.145 e. The fraction of sp³-hybridized carbons (Fsp3) is 0.0588. The molecule has 0 amide bonds. The fourth-order valence-electron chi connectivity index (χ4n) is 2.22. The molecule has 1 aromatic heterocycles. The second-order valence-corrected chi connectivity index (χ2v) is 4.83. The van der Waals surface area contributed by atoms with Crippen molar-refractivity contribution in [3.63, 3.8) is 0 Å². The average Bonchev–Trinajstić information content (AvgIpc) is 2.85. The van der Waals surface area contributed by atoms with E-state index in [0.717, 1.165) is 16.8 Å². The predicted octanol–water partition coefficient (Wildman–Crippen LogP) is 3.30. The van der Waals surface area contributed by atoms with E-state index in [9.17, 15) is 5.26 Å². The first-order valence-electron chi connectivity index (χ1n) is 6.62. The van der Waals surface area contributed by atoms with Crippen LogP contribution < -0.4 is 5.73 Å². The number of benzene rings is 2. The molecule has 0 aliphatic heterocycles. The summed E-state index contributed by atoms with van der Waals surface area (Å²) < 4.78 is 1.60. The topological polar surface area (TPSA) is 67.6 Å². The highest BCUT2D eigenvalue weighted by atomic mass is 15.3. The largest absolute Gasteiger partial charge is 0.382 e. The molecular formula is C17H14N4. The lowest BCUT2D eigenvalue weighted by molar-refractivity contribution is 0.895. The lowest BCUT2D eigenvalue weighted by Gasteiger charge is -2.02. The Hall–Kier alpha value is -3.06. The number of nitrogen functional groups attached to an aromatic ring is 1. The van der Waals surface area contributed by atoms with Crippen molar-refractivity contribution in [2.45, 2.75) is 6.92 Å². The van der Waals surface area contributed by atoms with E-state index >= 15 is 0 Å². The van der Waals surface area contributed by atoms with Crippen LogP contribution in [0.4, 0.5) is 5.82 Å². The van der Waals surface area contributed by atoms with Crippen molar-refractivity contribution in [3.05, 3.63) is 65.7 Å². The zero-order chi connectivity index (χ0) is 14.8. The van der Waals surface area contributed by atoms with Gasteiger partial charge in [0, 0.05) is 5.56 Å². The minimum Gasteiger partial charge on any atom is -0.382 e. The van der Waals surface area contributed by atoms with E-state index in [1.54, 1.807) is 4.68 Å². The van der Waals surface area contributed by atoms with Crippen molar-refractivity contribution < 1.29 is 0 Å². The van der Waals surface area contributed by atoms with Crippen LogP contribution in [-0.4, -0.2) is 9.78 Å². The van der Waals surface area contributed by atoms with Gasteiger partial charge in [-0.15, -0.1) is 0 Å². The minimum absolute atomic E-state index is 0.360. The number of para-hydroxylation sites is 1. The fourth-order valence-corrected chi connectivity index (χ4v) is 2.22. The molecule has 0 atom stereocenters. The highest BCUT2D eigenvalue weighted by Gasteiger charge is 2.17. The molecule has 2 aromatic carbocycles. The summed E-state index contributed by atoms with van der Waals surface area (Å²) in [6.45, 7) is 2.02. The summed E-state index contributed by atoms with van der Waals surface area (Å²) in [5, 5.41) is 13.9. The molecule has 0 saturated carbocycles. The van der Waals surface area contributed by atoms with E-state index in [1.807, 2.05) is 61.5 Å². The van der Waals surface area contributed by atoms with Gasteiger partial charge in [-0.2, -0.15) is 10.4 Å². The summed E-state index contributed by atoms with van der Waals surface area (Å²) in [6.07, 6.45) is 0. The Morgan fingerprint density at radius 2 is 1.71 bits per heavy atom. The third-order valence-electron chi connectivity index (χ3n) is 3.36. The molecule has 0 aliphatic rings. The number of aromatic nitrogens is 2. The van der Waals surface area contributed by atoms with Crippen molar-refractivity contribution in [2.24, 2.45) is 0 Å². The molecule has 4 heteroatoms. The van der Waals surface area contributed by atoms with Crippen molar-refractivity contribution in [1.29, 1.82) is 5.26 Å². The molecule has 0 spiro atoms. The number of nitrogens with two attached hydrogens (primary N) is 1. The molecule has 4 nitrogen and oxygen atoms in total. The molecule has 102 valence electrons. The number of hydrogen-bond acceptors (Lipinski definition) is 3. The summed E-state index contributed by atoms with van der Waals surface area (Å²) in [5.41, 5.74) is 9.99. The van der Waals surface area contributed by atoms with Crippen molar-refractivity contribution in [2.75, 3.05) is 5.73 Å². The minimum atomic E-state index is 0.360. The molecule has 21 heavy (non-hydrogen) atoms. The summed E-state index contributed by atoms with van der Waals surface area (Å²) in [4.78, 5) is 0. The predicted molar refractivity (Wildman–Crippen MR) is 82.9 cm³/mol. The lowest BCUT2D eigenvalue weighted by atomic mass is 10.1. The summed E-state index contributed by atoms with van der Waals surface area (Å²) in [5.74, 6) is 0.360. The smallest absolute Gasteiger partial charge is 0.145 e. The van der Waals surface area contributed by atoms with Gasteiger partial charge in [-0.05, 0) is 19.1 Å². The van der Waals surface area contributed by atoms with Crippen LogP contribution in [-0.2, 0) is 0 Å². The van der Waals surface area contributed by atoms with Crippen LogP contribution in [0.3, 0.4) is 0 Å². The second kappa shape index (κ2) is 5.14. The van der Waals surface area contributed by atoms with E-state index in [0.29, 0.717) is 17.1 Å². The van der Waals surface area contributed by atoms with Crippen LogP contribution in [0.2, 0.25) is 0 Å². The molecule has 1 heterocycles. The molecule has 0 fully saturated rings. The van der Waals surface area contributed by atoms with Gasteiger partial charge in [0.1, 0.15) is 23.1 Å². The average molecular weight is 274 g/mol. The second-order valence-electron chi connectivity index (χ2n) is 4.83. The molecule has 0 aliphatic carbocycles. The van der Waals surface area contributed by atoms with Gasteiger partial charge in [-0.1, -0.05) is 48.0 Å². The zero-order valence-corrected chi connectivity index (χ0v) is 11.6. The van der Waals surface area contributed by atoms with E-state index in [4.69, 9.17) is 5.73 Å². The molecule has 3 aromatic rings. The van der Waals surface area contributed by atoms with Gasteiger partial charge in [-0.3, -0.25) is 0 Å². The van der Waals surface area contributed by atoms with Crippen molar-refractivity contribution >= 4 is 5.82 Å². The number of hydrogen-bond donors (Lipinski definition) is 1. The highest BCUT2D eigenvalue weighted by Crippen LogP contribution is 2.28. The van der Waals surface area contributed by atoms with Crippen LogP contribution in [0.1, 0.15) is 11.1 Å². The van der Waals surface area contributed by atoms with E-state index in [2.05, 4.69) is 11.2 Å². The Bertz CT molecular complexity index is 808. The van der Waals surface area contributed by atoms with Crippen LogP contribution in [0, 0.1) is 18.3 Å². The standard InChI is InChI=1S/C17H14N4/c1-12-7-9-13(10-8-12)16-15(11-18)17(19)21(20-16)14-5-3-2-4-6-14/h2-10H,19H2,1H3. The maximum atomic E-state index is 9.39. The molecule has 0 unspecified atom stereocenters. The van der Waals surface area contributed by atoms with E-state index in [1.165, 1.54) is 0 Å². The van der Waals surface area contributed by atoms with Crippen molar-refractivity contribution in [1.82, 2.24) is 9.78 Å². The van der Waals surface area contributed by atoms with Gasteiger partial charge in [0.05, 0.1) is 5.69 Å². The Morgan fingerprint density at radius 3 is 2.33 bits per heavy atom. The lowest BCUT2D eigenvalue weighted by Crippen LogP contribution is -2.01. The maximum absolute atomic E-state index is 9.39. The van der Waals surface area contributed by atoms with Crippen molar-refractivity contribution in [3.8, 4) is 23.0 Å². The van der Waals surface area contributed by atoms with Gasteiger partial charge in [0.2, 0.25) is 0 Å². The number of anilines is 1. The summed E-state index contributed by atoms with van der Waals surface area (Å²) in [6, 6.07) is 19.6. The van der Waals surface area contributed by atoms with Gasteiger partial charge in [0.25, 0.3) is 0 Å². The third-order valence-corrected chi connectivity index (χ3v) is 3.36. The number of aryl methyl sites for hydroxylation is 1. The van der Waals surface area contributed by atoms with Crippen LogP contribution in [0.25, 0.3) is 16.9 Å². The number of nitrogens with zero attached hydrogens (tertiary/aromatic N) is 3. The zero-order valence-electron chi connectivity index (χ0n) is 11.6. The molecule has 0 radical (unpaired) electrons. The quantitative estimate of drug-likeness (QED) is 0.779. The first-order chi connectivity index (χ1) is 10.2. The molecule has 0 bridgehead atoms. The Balaban J connectivity index is 2.19. The number of rotatable bonds is 2. The third kappa shape index (κ3) is 2.26. The van der Waals surface area contributed by atoms with Crippen LogP contribution in [0.5, 0.6) is 0 Å². The van der Waals surface area contributed by atoms with E-state index in [-0.39, 0.29) is 0 Å². The first kappa shape index (κ1) is 12.9. The first-order valence-corrected chi connectivity index (χ1v) is 6.62. The molecular weight excluding hydrogens is 260 g/mol. The van der Waals surface area contributed by atoms with Gasteiger partial charge < -0.3 is 5.73 Å². The SMILES string of the molecule is Cc1ccc(-c2nn(-c3ccccc3)c(N)c2C#N)cc1. The van der Waals surface area contributed by atoms with Gasteiger partial charge in [0.15, 0.2) is 0 Å². The number of nitriles is 1. The summed E-state index contributed by atoms with van der Waals surface area (Å²) >= 11 is 0. The van der Waals surface area contributed by atoms with Crippen LogP contribution in [0.15, 0.2) is 54.6 Å². The Morgan fingerprint density at radius 1 is 1.05 bits per heavy atom. The molecule has 0 saturated heterocycles. The van der Waals surface area contributed by atoms with E-state index < -0.39 is 0 Å². The normalized spacial score (nSPS) is 10.3. The van der Waals surface area contributed by atoms with Gasteiger partial charge >= 0.3 is 0 Å². The Kier molecular flexibility index (Phi) is 3.17. The Labute approximate surface area is 123 Å². The monoisotopic (exact) mass is 274 g/mol. The molecule has 3 rings (SSSR count). The molecule has 2 N–H and O–H groups in total. The van der Waals surface area contributed by atoms with Crippen LogP contribution >= 0.6 is 0 Å². The summed E-state index contributed by atoms with van der Waals surface area (Å²) in [7, 11) is 0.